The Balaban J connectivity index is 1.38. The number of nitrogens with zero attached hydrogens (tertiary/aromatic N) is 2. The maximum absolute atomic E-state index is 14.1. The minimum absolute atomic E-state index is 0.0106. The van der Waals surface area contributed by atoms with Gasteiger partial charge in [-0.25, -0.2) is 4.79 Å². The van der Waals surface area contributed by atoms with Gasteiger partial charge in [-0.2, -0.15) is 0 Å². The minimum Gasteiger partial charge on any atom is -0.489 e. The first-order chi connectivity index (χ1) is 31.5. The standard InChI is InChI=1S/C49H57N9O7/c1-3-14-39(47(62)65-30-32-15-6-5-7-16-32)58-46(61)38(22-13-28-55-49(52)53)57-45(60)37(21-12-27-54-48(50)51)56-42(59)31-64-41-26-24-34-18-9-11-20-36(34)44(41)43-35-19-10-8-17-33(35)23-25-40(43)63-29-4-2/h3-11,15-20,23-26,37-39H,1-2,12-14,21-22,27-31H2,(H,56,59)(H,57,60)(H,58,61)(H4,50,51,54)(H4,52,53,55)/t37-,38-,39+/m1/s1. The van der Waals surface area contributed by atoms with Gasteiger partial charge in [-0.05, 0) is 71.3 Å². The van der Waals surface area contributed by atoms with Crippen LogP contribution in [-0.4, -0.2) is 80.0 Å². The summed E-state index contributed by atoms with van der Waals surface area (Å²) in [6.07, 6.45) is 3.92. The summed E-state index contributed by atoms with van der Waals surface area (Å²) < 4.78 is 18.0. The van der Waals surface area contributed by atoms with Crippen LogP contribution in [0.1, 0.15) is 37.7 Å². The lowest BCUT2D eigenvalue weighted by Crippen LogP contribution is -2.56. The van der Waals surface area contributed by atoms with Crippen LogP contribution in [0.5, 0.6) is 11.5 Å². The van der Waals surface area contributed by atoms with Crippen LogP contribution in [0.3, 0.4) is 0 Å². The summed E-state index contributed by atoms with van der Waals surface area (Å²) in [6, 6.07) is 28.9. The van der Waals surface area contributed by atoms with Crippen molar-refractivity contribution in [3.63, 3.8) is 0 Å². The number of fused-ring (bicyclic) bond motifs is 2. The molecule has 0 saturated carbocycles. The Bertz CT molecular complexity index is 2500. The molecule has 0 aliphatic carbocycles. The molecule has 0 aliphatic heterocycles. The molecular formula is C49H57N9O7. The van der Waals surface area contributed by atoms with E-state index >= 15 is 0 Å². The Kier molecular flexibility index (Phi) is 18.3. The molecule has 65 heavy (non-hydrogen) atoms. The van der Waals surface area contributed by atoms with E-state index < -0.39 is 48.4 Å². The van der Waals surface area contributed by atoms with Crippen molar-refractivity contribution >= 4 is 57.2 Å². The molecule has 0 heterocycles. The first-order valence-electron chi connectivity index (χ1n) is 21.2. The van der Waals surface area contributed by atoms with Crippen LogP contribution >= 0.6 is 0 Å². The molecular weight excluding hydrogens is 827 g/mol. The molecule has 16 heteroatoms. The van der Waals surface area contributed by atoms with Crippen LogP contribution in [0.4, 0.5) is 0 Å². The number of ether oxygens (including phenoxy) is 3. The molecule has 3 atom stereocenters. The summed E-state index contributed by atoms with van der Waals surface area (Å²) in [4.78, 5) is 63.1. The summed E-state index contributed by atoms with van der Waals surface area (Å²) >= 11 is 0. The second-order valence-corrected chi connectivity index (χ2v) is 15.0. The number of hydrogen-bond acceptors (Lipinski definition) is 9. The smallest absolute Gasteiger partial charge is 0.329 e. The van der Waals surface area contributed by atoms with Crippen LogP contribution in [0.25, 0.3) is 32.7 Å². The predicted molar refractivity (Wildman–Crippen MR) is 255 cm³/mol. The Morgan fingerprint density at radius 3 is 1.65 bits per heavy atom. The van der Waals surface area contributed by atoms with E-state index in [2.05, 4.69) is 39.1 Å². The first-order valence-corrected chi connectivity index (χ1v) is 21.2. The molecule has 5 rings (SSSR count). The SMILES string of the molecule is C=CCOc1ccc2ccccc2c1-c1c(OCC(=O)N[C@H](CCCN=C(N)N)C(=O)N[C@H](CCCN=C(N)N)C(=O)N[C@@H](CC=C)C(=O)OCc2ccccc2)ccc2ccccc12. The average molecular weight is 884 g/mol. The molecule has 0 bridgehead atoms. The van der Waals surface area contributed by atoms with Crippen molar-refractivity contribution in [2.45, 2.75) is 56.8 Å². The van der Waals surface area contributed by atoms with Crippen molar-refractivity contribution in [1.29, 1.82) is 0 Å². The zero-order valence-electron chi connectivity index (χ0n) is 36.2. The Morgan fingerprint density at radius 1 is 0.600 bits per heavy atom. The Labute approximate surface area is 378 Å². The fourth-order valence-electron chi connectivity index (χ4n) is 7.09. The number of benzene rings is 5. The number of carbonyl (C=O) groups excluding carboxylic acids is 4. The molecule has 0 fully saturated rings. The lowest BCUT2D eigenvalue weighted by Gasteiger charge is -2.25. The lowest BCUT2D eigenvalue weighted by atomic mass is 9.92. The van der Waals surface area contributed by atoms with Gasteiger partial charge < -0.3 is 53.1 Å². The van der Waals surface area contributed by atoms with E-state index in [0.717, 1.165) is 32.7 Å². The third-order valence-corrected chi connectivity index (χ3v) is 10.1. The quantitative estimate of drug-likeness (QED) is 0.0141. The molecule has 11 N–H and O–H groups in total. The fourth-order valence-corrected chi connectivity index (χ4v) is 7.09. The van der Waals surface area contributed by atoms with E-state index in [4.69, 9.17) is 37.1 Å². The molecule has 16 nitrogen and oxygen atoms in total. The van der Waals surface area contributed by atoms with Gasteiger partial charge >= 0.3 is 5.97 Å². The van der Waals surface area contributed by atoms with Crippen LogP contribution in [0.15, 0.2) is 138 Å². The summed E-state index contributed by atoms with van der Waals surface area (Å²) in [7, 11) is 0. The van der Waals surface area contributed by atoms with Crippen LogP contribution < -0.4 is 48.4 Å². The third kappa shape index (κ3) is 14.3. The average Bonchev–Trinajstić information content (AvgIpc) is 3.30. The zero-order valence-corrected chi connectivity index (χ0v) is 36.2. The minimum atomic E-state index is -1.18. The second-order valence-electron chi connectivity index (χ2n) is 15.0. The van der Waals surface area contributed by atoms with Crippen LogP contribution in [0, 0.1) is 0 Å². The largest absolute Gasteiger partial charge is 0.489 e. The van der Waals surface area contributed by atoms with Crippen LogP contribution in [-0.2, 0) is 30.5 Å². The molecule has 0 aromatic heterocycles. The van der Waals surface area contributed by atoms with Gasteiger partial charge in [0.25, 0.3) is 5.91 Å². The maximum atomic E-state index is 14.1. The number of guanidine groups is 2. The molecule has 0 radical (unpaired) electrons. The van der Waals surface area contributed by atoms with E-state index in [1.54, 1.807) is 24.3 Å². The highest BCUT2D eigenvalue weighted by Gasteiger charge is 2.30. The molecule has 0 spiro atoms. The molecule has 5 aromatic rings. The van der Waals surface area contributed by atoms with Gasteiger partial charge in [-0.3, -0.25) is 24.4 Å². The van der Waals surface area contributed by atoms with Crippen molar-refractivity contribution in [3.05, 3.63) is 134 Å². The highest BCUT2D eigenvalue weighted by molar-refractivity contribution is 6.10. The molecule has 0 unspecified atom stereocenters. The number of esters is 1. The summed E-state index contributed by atoms with van der Waals surface area (Å²) in [5.74, 6) is -1.92. The van der Waals surface area contributed by atoms with E-state index in [-0.39, 0.29) is 70.3 Å². The van der Waals surface area contributed by atoms with Gasteiger partial charge in [0.2, 0.25) is 11.8 Å². The molecule has 0 aliphatic rings. The third-order valence-electron chi connectivity index (χ3n) is 10.1. The monoisotopic (exact) mass is 883 g/mol. The Hall–Kier alpha value is -7.88. The van der Waals surface area contributed by atoms with Crippen molar-refractivity contribution in [3.8, 4) is 22.6 Å². The lowest BCUT2D eigenvalue weighted by molar-refractivity contribution is -0.149. The number of amides is 3. The van der Waals surface area contributed by atoms with Gasteiger partial charge in [-0.1, -0.05) is 110 Å². The molecule has 340 valence electrons. The van der Waals surface area contributed by atoms with Crippen molar-refractivity contribution in [2.24, 2.45) is 32.9 Å². The van der Waals surface area contributed by atoms with Crippen LogP contribution in [0.2, 0.25) is 0 Å². The van der Waals surface area contributed by atoms with Gasteiger partial charge in [0.1, 0.15) is 42.8 Å². The number of nitrogens with two attached hydrogens (primary N) is 4. The van der Waals surface area contributed by atoms with Crippen molar-refractivity contribution < 1.29 is 33.4 Å². The van der Waals surface area contributed by atoms with E-state index in [1.165, 1.54) is 6.08 Å². The highest BCUT2D eigenvalue weighted by Crippen LogP contribution is 2.45. The van der Waals surface area contributed by atoms with E-state index in [1.807, 2.05) is 84.9 Å². The number of carbonyl (C=O) groups is 4. The first kappa shape index (κ1) is 48.2. The van der Waals surface area contributed by atoms with Gasteiger partial charge in [0, 0.05) is 24.2 Å². The molecule has 0 saturated heterocycles. The highest BCUT2D eigenvalue weighted by atomic mass is 16.5. The van der Waals surface area contributed by atoms with E-state index in [9.17, 15) is 19.2 Å². The number of rotatable bonds is 25. The molecule has 5 aromatic carbocycles. The van der Waals surface area contributed by atoms with Crippen molar-refractivity contribution in [2.75, 3.05) is 26.3 Å². The number of nitrogens with one attached hydrogen (secondary N) is 3. The number of aliphatic imine (C=N–C) groups is 2. The van der Waals surface area contributed by atoms with Gasteiger partial charge in [0.15, 0.2) is 18.5 Å². The summed E-state index contributed by atoms with van der Waals surface area (Å²) in [6.45, 7) is 7.63. The molecule has 3 amide bonds. The van der Waals surface area contributed by atoms with Crippen molar-refractivity contribution in [1.82, 2.24) is 16.0 Å². The topological polar surface area (TPSA) is 261 Å². The normalized spacial score (nSPS) is 12.1. The second kappa shape index (κ2) is 24.7. The zero-order chi connectivity index (χ0) is 46.6. The van der Waals surface area contributed by atoms with Gasteiger partial charge in [-0.15, -0.1) is 6.58 Å². The maximum Gasteiger partial charge on any atom is 0.329 e. The summed E-state index contributed by atoms with van der Waals surface area (Å²) in [5, 5.41) is 11.9. The van der Waals surface area contributed by atoms with E-state index in [0.29, 0.717) is 17.1 Å². The fraction of sp³-hybridized carbons (Fsp3) is 0.265. The van der Waals surface area contributed by atoms with Gasteiger partial charge in [0.05, 0.1) is 0 Å². The number of hydrogen-bond donors (Lipinski definition) is 7. The summed E-state index contributed by atoms with van der Waals surface area (Å²) in [5.41, 5.74) is 24.4. The Morgan fingerprint density at radius 2 is 1.11 bits per heavy atom. The predicted octanol–water partition coefficient (Wildman–Crippen LogP) is 4.48.